The van der Waals surface area contributed by atoms with Crippen LogP contribution in [0.3, 0.4) is 0 Å². The number of benzene rings is 2. The molecule has 7 nitrogen and oxygen atoms in total. The third-order valence-corrected chi connectivity index (χ3v) is 5.09. The molecule has 0 aliphatic carbocycles. The maximum Gasteiger partial charge on any atom is 0.194 e. The predicted octanol–water partition coefficient (Wildman–Crippen LogP) is 4.01. The smallest absolute Gasteiger partial charge is 0.194 e. The summed E-state index contributed by atoms with van der Waals surface area (Å²) < 4.78 is 7.96. The minimum Gasteiger partial charge on any atom is -0.492 e. The number of likely N-dealkylation sites (N-methyl/N-ethyl adjacent to an activating group) is 1. The van der Waals surface area contributed by atoms with Gasteiger partial charge in [0.25, 0.3) is 0 Å². The second-order valence-electron chi connectivity index (χ2n) is 7.79. The van der Waals surface area contributed by atoms with E-state index in [1.807, 2.05) is 43.8 Å². The van der Waals surface area contributed by atoms with Crippen LogP contribution in [0, 0.1) is 20.8 Å². The second kappa shape index (κ2) is 12.4. The van der Waals surface area contributed by atoms with Crippen LogP contribution in [-0.4, -0.2) is 45.8 Å². The van der Waals surface area contributed by atoms with Crippen molar-refractivity contribution in [2.75, 3.05) is 20.2 Å². The number of guanidine groups is 1. The lowest BCUT2D eigenvalue weighted by molar-refractivity contribution is 0.280. The summed E-state index contributed by atoms with van der Waals surface area (Å²) in [7, 11) is 3.98. The molecule has 0 saturated carbocycles. The van der Waals surface area contributed by atoms with Gasteiger partial charge in [-0.15, -0.1) is 34.2 Å². The highest BCUT2D eigenvalue weighted by atomic mass is 127. The van der Waals surface area contributed by atoms with Crippen LogP contribution in [0.25, 0.3) is 0 Å². The van der Waals surface area contributed by atoms with Gasteiger partial charge in [0, 0.05) is 14.1 Å². The van der Waals surface area contributed by atoms with Crippen molar-refractivity contribution in [1.82, 2.24) is 25.0 Å². The highest BCUT2D eigenvalue weighted by molar-refractivity contribution is 14.0. The van der Waals surface area contributed by atoms with Crippen molar-refractivity contribution in [1.29, 1.82) is 0 Å². The van der Waals surface area contributed by atoms with E-state index in [4.69, 9.17) is 9.73 Å². The Balaban J connectivity index is 0.00000363. The number of rotatable bonds is 8. The normalized spacial score (nSPS) is 11.1. The Hall–Kier alpha value is -2.62. The molecule has 1 heterocycles. The van der Waals surface area contributed by atoms with E-state index in [0.717, 1.165) is 28.9 Å². The van der Waals surface area contributed by atoms with Crippen molar-refractivity contribution in [3.05, 3.63) is 76.9 Å². The van der Waals surface area contributed by atoms with Crippen LogP contribution in [0.15, 0.2) is 53.5 Å². The van der Waals surface area contributed by atoms with E-state index < -0.39 is 0 Å². The Labute approximate surface area is 207 Å². The molecule has 0 unspecified atom stereocenters. The molecule has 0 radical (unpaired) electrons. The second-order valence-corrected chi connectivity index (χ2v) is 7.79. The highest BCUT2D eigenvalue weighted by Crippen LogP contribution is 2.16. The van der Waals surface area contributed by atoms with E-state index in [0.29, 0.717) is 26.2 Å². The lowest BCUT2D eigenvalue weighted by atomic mass is 10.1. The lowest BCUT2D eigenvalue weighted by Gasteiger charge is -2.22. The Bertz CT molecular complexity index is 998. The van der Waals surface area contributed by atoms with Crippen LogP contribution < -0.4 is 10.1 Å². The number of hydrogen-bond donors (Lipinski definition) is 1. The first-order valence-electron chi connectivity index (χ1n) is 10.5. The van der Waals surface area contributed by atoms with Crippen LogP contribution in [-0.2, 0) is 20.1 Å². The average Bonchev–Trinajstić information content (AvgIpc) is 3.06. The number of halogens is 1. The van der Waals surface area contributed by atoms with Crippen LogP contribution >= 0.6 is 24.0 Å². The standard InChI is InChI=1S/C24H32N6O.HI/c1-18-13-19(2)15-22(14-18)31-12-11-29(4)24(25-16-21-9-7-6-8-10-21)26-17-23-28-27-20(3)30(23)5;/h6-10,13-15H,11-12,16-17H2,1-5H3,(H,25,26);1H. The summed E-state index contributed by atoms with van der Waals surface area (Å²) in [4.78, 5) is 6.90. The number of aromatic nitrogens is 3. The summed E-state index contributed by atoms with van der Waals surface area (Å²) in [5.74, 6) is 3.45. The number of ether oxygens (including phenoxy) is 1. The molecule has 0 spiro atoms. The summed E-state index contributed by atoms with van der Waals surface area (Å²) in [6.07, 6.45) is 0. The molecule has 0 atom stereocenters. The Morgan fingerprint density at radius 2 is 1.75 bits per heavy atom. The Morgan fingerprint density at radius 3 is 2.38 bits per heavy atom. The van der Waals surface area contributed by atoms with Crippen LogP contribution in [0.2, 0.25) is 0 Å². The third-order valence-electron chi connectivity index (χ3n) is 5.09. The van der Waals surface area contributed by atoms with Gasteiger partial charge in [0.15, 0.2) is 11.8 Å². The largest absolute Gasteiger partial charge is 0.492 e. The predicted molar refractivity (Wildman–Crippen MR) is 140 cm³/mol. The minimum atomic E-state index is 0. The molecule has 3 aromatic rings. The zero-order valence-electron chi connectivity index (χ0n) is 19.5. The van der Waals surface area contributed by atoms with E-state index in [9.17, 15) is 0 Å². The molecule has 0 aliphatic heterocycles. The molecule has 0 aliphatic rings. The van der Waals surface area contributed by atoms with Gasteiger partial charge >= 0.3 is 0 Å². The van der Waals surface area contributed by atoms with Gasteiger partial charge in [-0.1, -0.05) is 36.4 Å². The van der Waals surface area contributed by atoms with Gasteiger partial charge in [0.2, 0.25) is 0 Å². The van der Waals surface area contributed by atoms with E-state index in [1.54, 1.807) is 0 Å². The van der Waals surface area contributed by atoms with Gasteiger partial charge in [-0.05, 0) is 49.6 Å². The summed E-state index contributed by atoms with van der Waals surface area (Å²) in [6.45, 7) is 8.52. The SMILES string of the molecule is Cc1cc(C)cc(OCCN(C)C(=NCc2ccccc2)NCc2nnc(C)n2C)c1.I. The number of hydrogen-bond acceptors (Lipinski definition) is 4. The molecule has 0 fully saturated rings. The third kappa shape index (κ3) is 7.51. The average molecular weight is 548 g/mol. The van der Waals surface area contributed by atoms with Crippen molar-refractivity contribution in [2.45, 2.75) is 33.9 Å². The molecule has 3 rings (SSSR count). The highest BCUT2D eigenvalue weighted by Gasteiger charge is 2.10. The van der Waals surface area contributed by atoms with Gasteiger partial charge in [-0.25, -0.2) is 4.99 Å². The number of aryl methyl sites for hydroxylation is 3. The van der Waals surface area contributed by atoms with Gasteiger partial charge in [-0.2, -0.15) is 0 Å². The van der Waals surface area contributed by atoms with Crippen molar-refractivity contribution in [2.24, 2.45) is 12.0 Å². The van der Waals surface area contributed by atoms with Gasteiger partial charge < -0.3 is 19.5 Å². The van der Waals surface area contributed by atoms with Gasteiger partial charge in [0.05, 0.1) is 19.6 Å². The molecule has 2 aromatic carbocycles. The fraction of sp³-hybridized carbons (Fsp3) is 0.375. The topological polar surface area (TPSA) is 67.6 Å². The van der Waals surface area contributed by atoms with E-state index in [2.05, 4.69) is 64.6 Å². The Kier molecular flexibility index (Phi) is 9.96. The van der Waals surface area contributed by atoms with E-state index >= 15 is 0 Å². The fourth-order valence-electron chi connectivity index (χ4n) is 3.25. The first-order chi connectivity index (χ1) is 14.9. The molecule has 0 amide bonds. The lowest BCUT2D eigenvalue weighted by Crippen LogP contribution is -2.41. The first kappa shape index (κ1) is 25.6. The molecule has 172 valence electrons. The van der Waals surface area contributed by atoms with Crippen molar-refractivity contribution in [3.63, 3.8) is 0 Å². The molecular weight excluding hydrogens is 515 g/mol. The summed E-state index contributed by atoms with van der Waals surface area (Å²) in [5, 5.41) is 11.8. The van der Waals surface area contributed by atoms with Gasteiger partial charge in [-0.3, -0.25) is 0 Å². The van der Waals surface area contributed by atoms with Crippen molar-refractivity contribution >= 4 is 29.9 Å². The number of nitrogens with one attached hydrogen (secondary N) is 1. The zero-order valence-corrected chi connectivity index (χ0v) is 21.8. The zero-order chi connectivity index (χ0) is 22.2. The van der Waals surface area contributed by atoms with Crippen molar-refractivity contribution < 1.29 is 4.74 Å². The van der Waals surface area contributed by atoms with E-state index in [1.165, 1.54) is 11.1 Å². The minimum absolute atomic E-state index is 0. The summed E-state index contributed by atoms with van der Waals surface area (Å²) >= 11 is 0. The van der Waals surface area contributed by atoms with Crippen molar-refractivity contribution in [3.8, 4) is 5.75 Å². The van der Waals surface area contributed by atoms with Crippen LogP contribution in [0.1, 0.15) is 28.3 Å². The monoisotopic (exact) mass is 548 g/mol. The summed E-state index contributed by atoms with van der Waals surface area (Å²) in [6, 6.07) is 16.5. The molecule has 1 N–H and O–H groups in total. The molecule has 0 bridgehead atoms. The maximum absolute atomic E-state index is 5.99. The molecule has 0 saturated heterocycles. The fourth-order valence-corrected chi connectivity index (χ4v) is 3.25. The molecule has 8 heteroatoms. The number of aliphatic imine (C=N–C) groups is 1. The van der Waals surface area contributed by atoms with Gasteiger partial charge in [0.1, 0.15) is 18.2 Å². The molecule has 32 heavy (non-hydrogen) atoms. The first-order valence-corrected chi connectivity index (χ1v) is 10.5. The van der Waals surface area contributed by atoms with Crippen LogP contribution in [0.5, 0.6) is 5.75 Å². The number of nitrogens with zero attached hydrogens (tertiary/aromatic N) is 5. The van der Waals surface area contributed by atoms with E-state index in [-0.39, 0.29) is 24.0 Å². The van der Waals surface area contributed by atoms with Crippen LogP contribution in [0.4, 0.5) is 0 Å². The molecule has 1 aromatic heterocycles. The molecular formula is C24H33IN6O. The summed E-state index contributed by atoms with van der Waals surface area (Å²) in [5.41, 5.74) is 3.57. The quantitative estimate of drug-likeness (QED) is 0.262. The maximum atomic E-state index is 5.99. The Morgan fingerprint density at radius 1 is 1.06 bits per heavy atom.